The summed E-state index contributed by atoms with van der Waals surface area (Å²) in [7, 11) is 0. The van der Waals surface area contributed by atoms with Gasteiger partial charge in [-0.1, -0.05) is 6.42 Å². The third kappa shape index (κ3) is 3.48. The van der Waals surface area contributed by atoms with Gasteiger partial charge in [0, 0.05) is 31.2 Å². The number of rotatable bonds is 4. The number of likely N-dealkylation sites (tertiary alicyclic amines) is 1. The molecule has 3 aliphatic rings. The van der Waals surface area contributed by atoms with Crippen molar-refractivity contribution in [2.24, 2.45) is 5.92 Å². The van der Waals surface area contributed by atoms with Crippen LogP contribution in [0.5, 0.6) is 0 Å². The Labute approximate surface area is 151 Å². The second kappa shape index (κ2) is 7.10. The number of amides is 1. The summed E-state index contributed by atoms with van der Waals surface area (Å²) in [5.41, 5.74) is 2.27. The zero-order chi connectivity index (χ0) is 17.4. The average molecular weight is 345 g/mol. The summed E-state index contributed by atoms with van der Waals surface area (Å²) in [6, 6.07) is 3.25. The summed E-state index contributed by atoms with van der Waals surface area (Å²) in [4.78, 5) is 17.3. The van der Waals surface area contributed by atoms with Crippen LogP contribution in [0.4, 0.5) is 0 Å². The minimum Gasteiger partial charge on any atom is -0.338 e. The highest BCUT2D eigenvalue weighted by molar-refractivity contribution is 5.77. The molecule has 1 aromatic rings. The van der Waals surface area contributed by atoms with E-state index in [9.17, 15) is 4.79 Å². The van der Waals surface area contributed by atoms with Crippen LogP contribution in [0.2, 0.25) is 0 Å². The van der Waals surface area contributed by atoms with Crippen molar-refractivity contribution in [2.45, 2.75) is 70.9 Å². The molecule has 5 nitrogen and oxygen atoms in total. The Bertz CT molecular complexity index is 617. The van der Waals surface area contributed by atoms with Crippen molar-refractivity contribution in [1.29, 1.82) is 0 Å². The quantitative estimate of drug-likeness (QED) is 0.843. The third-order valence-electron chi connectivity index (χ3n) is 6.56. The molecule has 0 saturated carbocycles. The van der Waals surface area contributed by atoms with Gasteiger partial charge in [-0.25, -0.2) is 0 Å². The minimum absolute atomic E-state index is 0.353. The maximum Gasteiger partial charge on any atom is 0.222 e. The predicted octanol–water partition coefficient (Wildman–Crippen LogP) is 2.93. The van der Waals surface area contributed by atoms with E-state index in [0.717, 1.165) is 43.6 Å². The molecule has 0 bridgehead atoms. The highest BCUT2D eigenvalue weighted by atomic mass is 16.2. The number of carbonyl (C=O) groups excluding carboxylic acids is 1. The van der Waals surface area contributed by atoms with Crippen molar-refractivity contribution in [3.63, 3.8) is 0 Å². The van der Waals surface area contributed by atoms with Crippen molar-refractivity contribution in [3.05, 3.63) is 17.5 Å². The molecule has 0 radical (unpaired) electrons. The second-order valence-corrected chi connectivity index (χ2v) is 8.36. The van der Waals surface area contributed by atoms with Crippen LogP contribution in [0.15, 0.2) is 6.07 Å². The van der Waals surface area contributed by atoms with E-state index >= 15 is 0 Å². The van der Waals surface area contributed by atoms with Crippen molar-refractivity contribution >= 4 is 5.91 Å². The largest absolute Gasteiger partial charge is 0.338 e. The first-order valence-corrected chi connectivity index (χ1v) is 10.2. The van der Waals surface area contributed by atoms with Gasteiger partial charge in [0.05, 0.1) is 11.7 Å². The van der Waals surface area contributed by atoms with E-state index in [1.54, 1.807) is 0 Å². The van der Waals surface area contributed by atoms with E-state index in [1.807, 2.05) is 11.8 Å². The monoisotopic (exact) mass is 344 g/mol. The van der Waals surface area contributed by atoms with Crippen LogP contribution in [-0.2, 0) is 4.79 Å². The van der Waals surface area contributed by atoms with Gasteiger partial charge in [0.25, 0.3) is 0 Å². The number of carbonyl (C=O) groups is 1. The number of nitrogens with zero attached hydrogens (tertiary/aromatic N) is 4. The number of piperidine rings is 2. The van der Waals surface area contributed by atoms with Crippen LogP contribution in [-0.4, -0.2) is 57.7 Å². The summed E-state index contributed by atoms with van der Waals surface area (Å²) in [5.74, 6) is 1.09. The Morgan fingerprint density at radius 2 is 1.96 bits per heavy atom. The Balaban J connectivity index is 1.25. The maximum absolute atomic E-state index is 12.6. The molecule has 3 fully saturated rings. The van der Waals surface area contributed by atoms with Gasteiger partial charge in [0.2, 0.25) is 5.91 Å². The SMILES string of the molecule is Cc1cc(C)n(C2CN(C(=O)CC[C@@H]3CCCN4CCCC[C@H]34)C2)n1. The summed E-state index contributed by atoms with van der Waals surface area (Å²) >= 11 is 0. The molecule has 0 unspecified atom stereocenters. The molecule has 0 spiro atoms. The second-order valence-electron chi connectivity index (χ2n) is 8.36. The summed E-state index contributed by atoms with van der Waals surface area (Å²) < 4.78 is 2.10. The molecule has 4 heterocycles. The lowest BCUT2D eigenvalue weighted by atomic mass is 9.81. The van der Waals surface area contributed by atoms with Crippen LogP contribution in [0, 0.1) is 19.8 Å². The number of hydrogen-bond donors (Lipinski definition) is 0. The molecule has 2 atom stereocenters. The number of fused-ring (bicyclic) bond motifs is 1. The Kier molecular flexibility index (Phi) is 4.85. The summed E-state index contributed by atoms with van der Waals surface area (Å²) in [6.07, 6.45) is 8.55. The fraction of sp³-hybridized carbons (Fsp3) is 0.800. The minimum atomic E-state index is 0.353. The van der Waals surface area contributed by atoms with Gasteiger partial charge in [-0.2, -0.15) is 5.10 Å². The predicted molar refractivity (Wildman–Crippen MR) is 98.5 cm³/mol. The number of hydrogen-bond acceptors (Lipinski definition) is 3. The van der Waals surface area contributed by atoms with Gasteiger partial charge in [-0.15, -0.1) is 0 Å². The molecule has 4 rings (SSSR count). The van der Waals surface area contributed by atoms with Crippen LogP contribution >= 0.6 is 0 Å². The van der Waals surface area contributed by atoms with Gasteiger partial charge in [0.15, 0.2) is 0 Å². The molecular weight excluding hydrogens is 312 g/mol. The van der Waals surface area contributed by atoms with Gasteiger partial charge < -0.3 is 9.80 Å². The van der Waals surface area contributed by atoms with Crippen LogP contribution in [0.3, 0.4) is 0 Å². The zero-order valence-electron chi connectivity index (χ0n) is 15.8. The molecule has 3 saturated heterocycles. The highest BCUT2D eigenvalue weighted by Gasteiger charge is 2.36. The maximum atomic E-state index is 12.6. The Morgan fingerprint density at radius 1 is 1.16 bits per heavy atom. The lowest BCUT2D eigenvalue weighted by Gasteiger charge is -2.45. The third-order valence-corrected chi connectivity index (χ3v) is 6.56. The van der Waals surface area contributed by atoms with Gasteiger partial charge >= 0.3 is 0 Å². The van der Waals surface area contributed by atoms with Gasteiger partial charge in [-0.3, -0.25) is 9.48 Å². The molecular formula is C20H32N4O. The lowest BCUT2D eigenvalue weighted by molar-refractivity contribution is -0.137. The van der Waals surface area contributed by atoms with Crippen LogP contribution in [0.25, 0.3) is 0 Å². The fourth-order valence-electron chi connectivity index (χ4n) is 5.21. The first kappa shape index (κ1) is 17.1. The Morgan fingerprint density at radius 3 is 2.72 bits per heavy atom. The molecule has 3 aliphatic heterocycles. The van der Waals surface area contributed by atoms with E-state index in [0.29, 0.717) is 11.9 Å². The zero-order valence-corrected chi connectivity index (χ0v) is 15.8. The normalized spacial score (nSPS) is 27.8. The van der Waals surface area contributed by atoms with Crippen molar-refractivity contribution < 1.29 is 4.79 Å². The highest BCUT2D eigenvalue weighted by Crippen LogP contribution is 2.34. The lowest BCUT2D eigenvalue weighted by Crippen LogP contribution is -2.51. The van der Waals surface area contributed by atoms with Crippen LogP contribution in [0.1, 0.15) is 62.4 Å². The topological polar surface area (TPSA) is 41.4 Å². The van der Waals surface area contributed by atoms with E-state index in [-0.39, 0.29) is 0 Å². The molecule has 138 valence electrons. The van der Waals surface area contributed by atoms with E-state index in [2.05, 4.69) is 27.7 Å². The summed E-state index contributed by atoms with van der Waals surface area (Å²) in [5, 5.41) is 4.56. The first-order chi connectivity index (χ1) is 12.1. The van der Waals surface area contributed by atoms with Crippen molar-refractivity contribution in [3.8, 4) is 0 Å². The molecule has 1 amide bonds. The number of aromatic nitrogens is 2. The van der Waals surface area contributed by atoms with Crippen molar-refractivity contribution in [1.82, 2.24) is 19.6 Å². The van der Waals surface area contributed by atoms with Gasteiger partial charge in [-0.05, 0) is 71.0 Å². The fourth-order valence-corrected chi connectivity index (χ4v) is 5.21. The smallest absolute Gasteiger partial charge is 0.222 e. The molecule has 1 aromatic heterocycles. The molecule has 0 aromatic carbocycles. The van der Waals surface area contributed by atoms with E-state index < -0.39 is 0 Å². The summed E-state index contributed by atoms with van der Waals surface area (Å²) in [6.45, 7) is 8.37. The van der Waals surface area contributed by atoms with Crippen molar-refractivity contribution in [2.75, 3.05) is 26.2 Å². The van der Waals surface area contributed by atoms with Crippen LogP contribution < -0.4 is 0 Å². The standard InChI is InChI=1S/C20H32N4O/c1-15-12-16(2)24(21-15)18-13-23(14-18)20(25)9-8-17-6-5-11-22-10-4-3-7-19(17)22/h12,17-19H,3-11,13-14H2,1-2H3/t17-,19+/m0/s1. The molecule has 0 N–H and O–H groups in total. The average Bonchev–Trinajstić information content (AvgIpc) is 2.89. The molecule has 5 heteroatoms. The van der Waals surface area contributed by atoms with Gasteiger partial charge in [0.1, 0.15) is 0 Å². The van der Waals surface area contributed by atoms with E-state index in [1.165, 1.54) is 50.9 Å². The van der Waals surface area contributed by atoms with E-state index in [4.69, 9.17) is 0 Å². The molecule has 25 heavy (non-hydrogen) atoms. The first-order valence-electron chi connectivity index (χ1n) is 10.2. The Hall–Kier alpha value is -1.36. The number of aryl methyl sites for hydroxylation is 2. The molecule has 0 aliphatic carbocycles.